The third-order valence-corrected chi connectivity index (χ3v) is 3.61. The number of hydrogen-bond donors (Lipinski definition) is 1. The largest absolute Gasteiger partial charge is 0.377 e. The summed E-state index contributed by atoms with van der Waals surface area (Å²) in [6.07, 6.45) is 0. The minimum absolute atomic E-state index is 0.0272. The van der Waals surface area contributed by atoms with Crippen LogP contribution in [0.2, 0.25) is 5.02 Å². The molecule has 2 aromatic rings. The number of nitro benzene ring substituents is 1. The van der Waals surface area contributed by atoms with E-state index in [-0.39, 0.29) is 11.7 Å². The van der Waals surface area contributed by atoms with Crippen molar-refractivity contribution in [1.82, 2.24) is 0 Å². The van der Waals surface area contributed by atoms with Crippen molar-refractivity contribution in [3.63, 3.8) is 0 Å². The molecule has 0 spiro atoms. The standard InChI is InChI=1S/C12H11ClN2O2S/c1-8(9-4-5-18-7-9)14-12-6-10(15(16)17)2-3-11(12)13/h2-8,14H,1H3. The summed E-state index contributed by atoms with van der Waals surface area (Å²) in [5.74, 6) is 0. The summed E-state index contributed by atoms with van der Waals surface area (Å²) < 4.78 is 0. The zero-order valence-corrected chi connectivity index (χ0v) is 11.2. The molecule has 18 heavy (non-hydrogen) atoms. The van der Waals surface area contributed by atoms with Gasteiger partial charge in [0, 0.05) is 18.2 Å². The van der Waals surface area contributed by atoms with E-state index in [9.17, 15) is 10.1 Å². The van der Waals surface area contributed by atoms with E-state index in [1.54, 1.807) is 11.3 Å². The van der Waals surface area contributed by atoms with E-state index in [1.807, 2.05) is 23.8 Å². The summed E-state index contributed by atoms with van der Waals surface area (Å²) in [4.78, 5) is 10.3. The molecule has 1 aromatic heterocycles. The molecular formula is C12H11ClN2O2S. The van der Waals surface area contributed by atoms with E-state index < -0.39 is 4.92 Å². The molecule has 0 aliphatic rings. The lowest BCUT2D eigenvalue weighted by atomic mass is 10.1. The fourth-order valence-electron chi connectivity index (χ4n) is 1.58. The highest BCUT2D eigenvalue weighted by Crippen LogP contribution is 2.30. The highest BCUT2D eigenvalue weighted by atomic mass is 35.5. The van der Waals surface area contributed by atoms with Crippen LogP contribution in [0, 0.1) is 10.1 Å². The summed E-state index contributed by atoms with van der Waals surface area (Å²) in [6, 6.07) is 6.43. The third-order valence-electron chi connectivity index (χ3n) is 2.58. The van der Waals surface area contributed by atoms with Crippen molar-refractivity contribution >= 4 is 34.3 Å². The van der Waals surface area contributed by atoms with Crippen LogP contribution < -0.4 is 5.32 Å². The van der Waals surface area contributed by atoms with Crippen LogP contribution in [0.1, 0.15) is 18.5 Å². The Bertz CT molecular complexity index is 557. The van der Waals surface area contributed by atoms with E-state index in [4.69, 9.17) is 11.6 Å². The van der Waals surface area contributed by atoms with Gasteiger partial charge in [-0.25, -0.2) is 0 Å². The molecule has 1 heterocycles. The lowest BCUT2D eigenvalue weighted by Gasteiger charge is -2.15. The van der Waals surface area contributed by atoms with Gasteiger partial charge in [0.15, 0.2) is 0 Å². The van der Waals surface area contributed by atoms with Crippen molar-refractivity contribution in [2.75, 3.05) is 5.32 Å². The molecule has 94 valence electrons. The maximum absolute atomic E-state index is 10.7. The van der Waals surface area contributed by atoms with Crippen LogP contribution in [0.4, 0.5) is 11.4 Å². The van der Waals surface area contributed by atoms with Crippen molar-refractivity contribution in [2.45, 2.75) is 13.0 Å². The molecule has 1 N–H and O–H groups in total. The molecule has 4 nitrogen and oxygen atoms in total. The molecule has 0 fully saturated rings. The van der Waals surface area contributed by atoms with Crippen LogP contribution in [0.5, 0.6) is 0 Å². The topological polar surface area (TPSA) is 55.2 Å². The van der Waals surface area contributed by atoms with Gasteiger partial charge in [-0.1, -0.05) is 11.6 Å². The number of hydrogen-bond acceptors (Lipinski definition) is 4. The van der Waals surface area contributed by atoms with Gasteiger partial charge in [0.2, 0.25) is 0 Å². The normalized spacial score (nSPS) is 12.1. The third kappa shape index (κ3) is 2.80. The first-order valence-electron chi connectivity index (χ1n) is 5.30. The van der Waals surface area contributed by atoms with Gasteiger partial charge in [0.05, 0.1) is 15.6 Å². The predicted molar refractivity (Wildman–Crippen MR) is 74.5 cm³/mol. The second kappa shape index (κ2) is 5.37. The van der Waals surface area contributed by atoms with Crippen molar-refractivity contribution in [3.8, 4) is 0 Å². The molecule has 0 bridgehead atoms. The second-order valence-corrected chi connectivity index (χ2v) is 5.03. The van der Waals surface area contributed by atoms with E-state index in [0.29, 0.717) is 10.7 Å². The monoisotopic (exact) mass is 282 g/mol. The second-order valence-electron chi connectivity index (χ2n) is 3.84. The van der Waals surface area contributed by atoms with Crippen LogP contribution in [0.15, 0.2) is 35.0 Å². The Hall–Kier alpha value is -1.59. The molecule has 0 aliphatic heterocycles. The summed E-state index contributed by atoms with van der Waals surface area (Å²) in [7, 11) is 0. The average Bonchev–Trinajstić information content (AvgIpc) is 2.85. The Labute approximate surface area is 113 Å². The summed E-state index contributed by atoms with van der Waals surface area (Å²) >= 11 is 7.63. The molecule has 0 amide bonds. The molecule has 0 saturated heterocycles. The van der Waals surface area contributed by atoms with Crippen molar-refractivity contribution in [3.05, 3.63) is 55.7 Å². The minimum atomic E-state index is -0.434. The van der Waals surface area contributed by atoms with Crippen LogP contribution in [0.25, 0.3) is 0 Å². The van der Waals surface area contributed by atoms with Crippen LogP contribution in [-0.2, 0) is 0 Å². The molecule has 0 radical (unpaired) electrons. The molecule has 1 aromatic carbocycles. The van der Waals surface area contributed by atoms with E-state index >= 15 is 0 Å². The number of anilines is 1. The molecule has 2 rings (SSSR count). The SMILES string of the molecule is CC(Nc1cc([N+](=O)[O-])ccc1Cl)c1ccsc1. The smallest absolute Gasteiger partial charge is 0.271 e. The predicted octanol–water partition coefficient (Wildman–Crippen LogP) is 4.48. The van der Waals surface area contributed by atoms with Crippen LogP contribution in [0.3, 0.4) is 0 Å². The zero-order chi connectivity index (χ0) is 13.1. The van der Waals surface area contributed by atoms with Gasteiger partial charge < -0.3 is 5.32 Å². The van der Waals surface area contributed by atoms with Crippen molar-refractivity contribution in [1.29, 1.82) is 0 Å². The van der Waals surface area contributed by atoms with Crippen LogP contribution in [-0.4, -0.2) is 4.92 Å². The highest BCUT2D eigenvalue weighted by molar-refractivity contribution is 7.08. The van der Waals surface area contributed by atoms with E-state index in [0.717, 1.165) is 5.56 Å². The number of nitrogens with zero attached hydrogens (tertiary/aromatic N) is 1. The van der Waals surface area contributed by atoms with E-state index in [2.05, 4.69) is 5.32 Å². The lowest BCUT2D eigenvalue weighted by molar-refractivity contribution is -0.384. The van der Waals surface area contributed by atoms with Crippen molar-refractivity contribution < 1.29 is 4.92 Å². The van der Waals surface area contributed by atoms with Crippen LogP contribution >= 0.6 is 22.9 Å². The zero-order valence-electron chi connectivity index (χ0n) is 9.59. The summed E-state index contributed by atoms with van der Waals surface area (Å²) in [5, 5.41) is 18.4. The Balaban J connectivity index is 2.23. The maximum atomic E-state index is 10.7. The number of rotatable bonds is 4. The number of non-ortho nitro benzene ring substituents is 1. The first-order valence-corrected chi connectivity index (χ1v) is 6.62. The van der Waals surface area contributed by atoms with E-state index in [1.165, 1.54) is 18.2 Å². The lowest BCUT2D eigenvalue weighted by Crippen LogP contribution is -2.06. The minimum Gasteiger partial charge on any atom is -0.377 e. The number of halogens is 1. The summed E-state index contributed by atoms with van der Waals surface area (Å²) in [5.41, 5.74) is 1.73. The van der Waals surface area contributed by atoms with Gasteiger partial charge >= 0.3 is 0 Å². The van der Waals surface area contributed by atoms with Gasteiger partial charge in [-0.3, -0.25) is 10.1 Å². The fourth-order valence-corrected chi connectivity index (χ4v) is 2.50. The quantitative estimate of drug-likeness (QED) is 0.664. The molecule has 6 heteroatoms. The molecule has 0 saturated carbocycles. The van der Waals surface area contributed by atoms with Gasteiger partial charge in [-0.2, -0.15) is 11.3 Å². The number of nitrogens with one attached hydrogen (secondary N) is 1. The maximum Gasteiger partial charge on any atom is 0.271 e. The molecule has 0 aliphatic carbocycles. The van der Waals surface area contributed by atoms with Gasteiger partial charge in [-0.15, -0.1) is 0 Å². The first-order chi connectivity index (χ1) is 8.58. The van der Waals surface area contributed by atoms with Crippen molar-refractivity contribution in [2.24, 2.45) is 0 Å². The highest BCUT2D eigenvalue weighted by Gasteiger charge is 2.12. The molecule has 1 atom stereocenters. The fraction of sp³-hybridized carbons (Fsp3) is 0.167. The molecule has 1 unspecified atom stereocenters. The van der Waals surface area contributed by atoms with Gasteiger partial charge in [0.1, 0.15) is 0 Å². The number of benzene rings is 1. The Kier molecular flexibility index (Phi) is 3.84. The number of nitro groups is 1. The Morgan fingerprint density at radius 1 is 1.44 bits per heavy atom. The molecular weight excluding hydrogens is 272 g/mol. The first kappa shape index (κ1) is 12.9. The van der Waals surface area contributed by atoms with Gasteiger partial charge in [0.25, 0.3) is 5.69 Å². The van der Waals surface area contributed by atoms with Gasteiger partial charge in [-0.05, 0) is 35.4 Å². The summed E-state index contributed by atoms with van der Waals surface area (Å²) in [6.45, 7) is 1.98. The Morgan fingerprint density at radius 2 is 2.22 bits per heavy atom. The number of thiophene rings is 1. The Morgan fingerprint density at radius 3 is 2.83 bits per heavy atom. The average molecular weight is 283 g/mol.